The molecule has 0 bridgehead atoms. The average molecular weight is 450 g/mol. The van der Waals surface area contributed by atoms with Gasteiger partial charge in [0.2, 0.25) is 5.91 Å². The lowest BCUT2D eigenvalue weighted by Gasteiger charge is -2.27. The summed E-state index contributed by atoms with van der Waals surface area (Å²) in [5.41, 5.74) is 1.93. The lowest BCUT2D eigenvalue weighted by atomic mass is 10.0. The molecule has 3 rings (SSSR count). The van der Waals surface area contributed by atoms with E-state index in [1.54, 1.807) is 13.1 Å². The molecule has 4 nitrogen and oxygen atoms in total. The number of amides is 1. The van der Waals surface area contributed by atoms with Crippen molar-refractivity contribution >= 4 is 27.5 Å². The van der Waals surface area contributed by atoms with Gasteiger partial charge in [-0.3, -0.25) is 4.79 Å². The predicted octanol–water partition coefficient (Wildman–Crippen LogP) is 5.05. The van der Waals surface area contributed by atoms with Crippen molar-refractivity contribution in [2.45, 2.75) is 48.9 Å². The number of hydrogen-bond acceptors (Lipinski definition) is 4. The fraction of sp³-hybridized carbons (Fsp3) is 0.435. The van der Waals surface area contributed by atoms with Crippen molar-refractivity contribution in [3.63, 3.8) is 0 Å². The van der Waals surface area contributed by atoms with Crippen LogP contribution in [0.25, 0.3) is 0 Å². The van der Waals surface area contributed by atoms with Crippen LogP contribution in [0.4, 0.5) is 4.39 Å². The Bertz CT molecular complexity index is 1020. The normalized spacial score (nSPS) is 19.1. The fourth-order valence-electron chi connectivity index (χ4n) is 3.60. The Labute approximate surface area is 182 Å². The van der Waals surface area contributed by atoms with Gasteiger partial charge in [0.1, 0.15) is 5.82 Å². The van der Waals surface area contributed by atoms with Gasteiger partial charge in [-0.05, 0) is 54.7 Å². The lowest BCUT2D eigenvalue weighted by molar-refractivity contribution is -0.135. The third-order valence-corrected chi connectivity index (χ3v) is 8.55. The Kier molecular flexibility index (Phi) is 6.92. The Balaban J connectivity index is 1.70. The van der Waals surface area contributed by atoms with E-state index in [2.05, 4.69) is 26.0 Å². The maximum atomic E-state index is 14.8. The van der Waals surface area contributed by atoms with Crippen LogP contribution < -0.4 is 0 Å². The van der Waals surface area contributed by atoms with Gasteiger partial charge in [-0.1, -0.05) is 43.8 Å². The van der Waals surface area contributed by atoms with Gasteiger partial charge in [-0.15, -0.1) is 0 Å². The highest BCUT2D eigenvalue weighted by molar-refractivity contribution is 7.99. The molecule has 0 N–H and O–H groups in total. The first kappa shape index (κ1) is 22.8. The third-order valence-electron chi connectivity index (χ3n) is 5.72. The highest BCUT2D eigenvalue weighted by atomic mass is 32.2. The van der Waals surface area contributed by atoms with Crippen LogP contribution in [-0.4, -0.2) is 37.8 Å². The molecule has 0 radical (unpaired) electrons. The number of rotatable bonds is 6. The molecule has 1 amide bonds. The fourth-order valence-corrected chi connectivity index (χ4v) is 6.15. The summed E-state index contributed by atoms with van der Waals surface area (Å²) in [5.74, 6) is -0.622. The van der Waals surface area contributed by atoms with E-state index in [4.69, 9.17) is 0 Å². The minimum atomic E-state index is -3.12. The Morgan fingerprint density at radius 2 is 1.73 bits per heavy atom. The largest absolute Gasteiger partial charge is 0.339 e. The van der Waals surface area contributed by atoms with Crippen molar-refractivity contribution in [2.24, 2.45) is 5.92 Å². The number of halogens is 1. The molecular weight excluding hydrogens is 421 g/mol. The molecule has 1 aliphatic heterocycles. The zero-order valence-electron chi connectivity index (χ0n) is 17.8. The van der Waals surface area contributed by atoms with Crippen LogP contribution in [-0.2, 0) is 14.6 Å². The van der Waals surface area contributed by atoms with Gasteiger partial charge in [0.05, 0.1) is 23.5 Å². The number of nitrogens with zero attached hydrogens (tertiary/aromatic N) is 1. The van der Waals surface area contributed by atoms with Crippen LogP contribution >= 0.6 is 11.8 Å². The molecule has 1 fully saturated rings. The molecule has 2 aromatic carbocycles. The molecule has 0 aromatic heterocycles. The van der Waals surface area contributed by atoms with Gasteiger partial charge in [-0.25, -0.2) is 12.8 Å². The molecule has 1 aliphatic rings. The summed E-state index contributed by atoms with van der Waals surface area (Å²) in [5, 5.41) is 0. The van der Waals surface area contributed by atoms with Crippen molar-refractivity contribution in [1.29, 1.82) is 0 Å². The van der Waals surface area contributed by atoms with E-state index >= 15 is 0 Å². The van der Waals surface area contributed by atoms with Crippen LogP contribution in [0.15, 0.2) is 52.3 Å². The molecule has 30 heavy (non-hydrogen) atoms. The van der Waals surface area contributed by atoms with Crippen LogP contribution in [0.1, 0.15) is 50.3 Å². The summed E-state index contributed by atoms with van der Waals surface area (Å²) in [6.07, 6.45) is 0.359. The molecular formula is C23H28FNO3S2. The summed E-state index contributed by atoms with van der Waals surface area (Å²) in [4.78, 5) is 15.7. The van der Waals surface area contributed by atoms with Crippen molar-refractivity contribution in [2.75, 3.05) is 18.6 Å². The first-order valence-corrected chi connectivity index (χ1v) is 12.8. The number of sulfone groups is 1. The standard InChI is InChI=1S/C23H28FNO3S2/c1-15(2)17-5-8-20(9-6-17)29-22-10-7-18(13-21(22)24)16(3)25(4)23(26)19-11-12-30(27,28)14-19/h5-10,13,15-16,19H,11-12,14H2,1-4H3/t16-,19+/m0/s1. The van der Waals surface area contributed by atoms with Gasteiger partial charge in [0, 0.05) is 16.8 Å². The molecule has 0 spiro atoms. The second-order valence-electron chi connectivity index (χ2n) is 8.24. The number of carbonyl (C=O) groups is 1. The van der Waals surface area contributed by atoms with E-state index in [1.165, 1.54) is 28.3 Å². The van der Waals surface area contributed by atoms with Crippen molar-refractivity contribution in [1.82, 2.24) is 4.90 Å². The molecule has 7 heteroatoms. The summed E-state index contributed by atoms with van der Waals surface area (Å²) in [6, 6.07) is 12.8. The quantitative estimate of drug-likeness (QED) is 0.619. The van der Waals surface area contributed by atoms with Crippen molar-refractivity contribution in [3.8, 4) is 0 Å². The Morgan fingerprint density at radius 1 is 1.10 bits per heavy atom. The lowest BCUT2D eigenvalue weighted by Crippen LogP contribution is -2.35. The molecule has 0 saturated carbocycles. The Morgan fingerprint density at radius 3 is 2.27 bits per heavy atom. The SMILES string of the molecule is CC(C)c1ccc(Sc2ccc([C@H](C)N(C)C(=O)[C@@H]3CCS(=O)(=O)C3)cc2F)cc1. The van der Waals surface area contributed by atoms with Gasteiger partial charge in [0.25, 0.3) is 0 Å². The number of hydrogen-bond donors (Lipinski definition) is 0. The Hall–Kier alpha value is -1.86. The summed E-state index contributed by atoms with van der Waals surface area (Å²) in [6.45, 7) is 6.10. The second-order valence-corrected chi connectivity index (χ2v) is 11.6. The van der Waals surface area contributed by atoms with E-state index in [9.17, 15) is 17.6 Å². The summed E-state index contributed by atoms with van der Waals surface area (Å²) < 4.78 is 38.1. The van der Waals surface area contributed by atoms with Gasteiger partial charge < -0.3 is 4.90 Å². The van der Waals surface area contributed by atoms with Crippen LogP contribution in [0.2, 0.25) is 0 Å². The van der Waals surface area contributed by atoms with Gasteiger partial charge >= 0.3 is 0 Å². The first-order valence-electron chi connectivity index (χ1n) is 10.1. The average Bonchev–Trinajstić information content (AvgIpc) is 3.08. The van der Waals surface area contributed by atoms with E-state index in [0.717, 1.165) is 4.90 Å². The van der Waals surface area contributed by atoms with Crippen LogP contribution in [0.3, 0.4) is 0 Å². The monoisotopic (exact) mass is 449 g/mol. The topological polar surface area (TPSA) is 54.5 Å². The highest BCUT2D eigenvalue weighted by Crippen LogP contribution is 2.33. The molecule has 0 aliphatic carbocycles. The minimum Gasteiger partial charge on any atom is -0.339 e. The van der Waals surface area contributed by atoms with Gasteiger partial charge in [0.15, 0.2) is 9.84 Å². The number of benzene rings is 2. The van der Waals surface area contributed by atoms with E-state index < -0.39 is 15.8 Å². The van der Waals surface area contributed by atoms with Crippen molar-refractivity contribution in [3.05, 3.63) is 59.4 Å². The zero-order valence-corrected chi connectivity index (χ0v) is 19.4. The smallest absolute Gasteiger partial charge is 0.226 e. The van der Waals surface area contributed by atoms with E-state index in [1.807, 2.05) is 25.1 Å². The zero-order chi connectivity index (χ0) is 22.1. The molecule has 2 atom stereocenters. The summed E-state index contributed by atoms with van der Waals surface area (Å²) >= 11 is 1.37. The molecule has 2 aromatic rings. The van der Waals surface area contributed by atoms with E-state index in [0.29, 0.717) is 22.8 Å². The van der Waals surface area contributed by atoms with Crippen LogP contribution in [0.5, 0.6) is 0 Å². The summed E-state index contributed by atoms with van der Waals surface area (Å²) in [7, 11) is -1.48. The molecule has 1 saturated heterocycles. The van der Waals surface area contributed by atoms with Crippen molar-refractivity contribution < 1.29 is 17.6 Å². The third kappa shape index (κ3) is 5.24. The minimum absolute atomic E-state index is 0.0598. The maximum absolute atomic E-state index is 14.8. The first-order chi connectivity index (χ1) is 14.1. The van der Waals surface area contributed by atoms with Crippen LogP contribution in [0, 0.1) is 11.7 Å². The van der Waals surface area contributed by atoms with Gasteiger partial charge in [-0.2, -0.15) is 0 Å². The van der Waals surface area contributed by atoms with E-state index in [-0.39, 0.29) is 29.3 Å². The molecule has 1 heterocycles. The predicted molar refractivity (Wildman–Crippen MR) is 119 cm³/mol. The second kappa shape index (κ2) is 9.10. The molecule has 162 valence electrons. The maximum Gasteiger partial charge on any atom is 0.226 e. The highest BCUT2D eigenvalue weighted by Gasteiger charge is 2.35. The number of carbonyl (C=O) groups excluding carboxylic acids is 1. The molecule has 0 unspecified atom stereocenters.